The predicted molar refractivity (Wildman–Crippen MR) is 90.0 cm³/mol. The van der Waals surface area contributed by atoms with Crippen molar-refractivity contribution in [3.63, 3.8) is 0 Å². The molecule has 0 aromatic carbocycles. The maximum Gasteiger partial charge on any atom is 0.317 e. The van der Waals surface area contributed by atoms with Crippen molar-refractivity contribution in [2.45, 2.75) is 51.7 Å². The molecule has 0 bridgehead atoms. The number of carbonyl (C=O) groups is 1. The number of nitrogens with zero attached hydrogens (tertiary/aromatic N) is 2. The van der Waals surface area contributed by atoms with Crippen LogP contribution in [-0.4, -0.2) is 28.0 Å². The van der Waals surface area contributed by atoms with Gasteiger partial charge in [0.2, 0.25) is 0 Å². The first kappa shape index (κ1) is 15.9. The Morgan fingerprint density at radius 3 is 2.52 bits per heavy atom. The van der Waals surface area contributed by atoms with E-state index in [0.717, 1.165) is 41.9 Å². The molecular weight excluding hydrogens is 310 g/mol. The maximum absolute atomic E-state index is 12.1. The van der Waals surface area contributed by atoms with E-state index in [2.05, 4.69) is 15.3 Å². The Kier molecular flexibility index (Phi) is 4.91. The molecule has 122 valence electrons. The molecule has 23 heavy (non-hydrogen) atoms. The van der Waals surface area contributed by atoms with E-state index in [9.17, 15) is 4.79 Å². The largest absolute Gasteiger partial charge is 0.460 e. The number of ether oxygens (including phenoxy) is 1. The molecule has 3 rings (SSSR count). The third kappa shape index (κ3) is 4.28. The molecular formula is C17H21N3O2S. The molecule has 2 heterocycles. The van der Waals surface area contributed by atoms with E-state index in [-0.39, 0.29) is 18.1 Å². The van der Waals surface area contributed by atoms with Gasteiger partial charge in [-0.1, -0.05) is 6.07 Å². The summed E-state index contributed by atoms with van der Waals surface area (Å²) in [6.07, 6.45) is 3.79. The van der Waals surface area contributed by atoms with Gasteiger partial charge in [-0.15, -0.1) is 11.3 Å². The fourth-order valence-corrected chi connectivity index (χ4v) is 3.51. The van der Waals surface area contributed by atoms with Crippen LogP contribution in [-0.2, 0) is 0 Å². The number of nitrogens with one attached hydrogen (secondary N) is 1. The standard InChI is InChI=1S/C17H21N3O2S/c1-11-10-12(2)19-17(18-11)22-14-7-5-13(6-8-14)20-16(21)15-4-3-9-23-15/h3-4,9-10,13-14H,5-8H2,1-2H3,(H,20,21). The molecule has 1 saturated carbocycles. The lowest BCUT2D eigenvalue weighted by Gasteiger charge is -2.28. The minimum Gasteiger partial charge on any atom is -0.460 e. The first-order valence-corrected chi connectivity index (χ1v) is 8.81. The second-order valence-corrected chi connectivity index (χ2v) is 6.92. The lowest BCUT2D eigenvalue weighted by atomic mass is 9.93. The molecule has 1 amide bonds. The van der Waals surface area contributed by atoms with E-state index >= 15 is 0 Å². The van der Waals surface area contributed by atoms with E-state index in [1.807, 2.05) is 37.4 Å². The Bertz CT molecular complexity index is 644. The zero-order chi connectivity index (χ0) is 16.2. The van der Waals surface area contributed by atoms with Gasteiger partial charge in [0, 0.05) is 17.4 Å². The average molecular weight is 331 g/mol. The summed E-state index contributed by atoms with van der Waals surface area (Å²) < 4.78 is 5.91. The normalized spacial score (nSPS) is 21.0. The van der Waals surface area contributed by atoms with Crippen LogP contribution >= 0.6 is 11.3 Å². The molecule has 1 aliphatic carbocycles. The van der Waals surface area contributed by atoms with Gasteiger partial charge in [0.1, 0.15) is 6.10 Å². The third-order valence-corrected chi connectivity index (χ3v) is 4.86. The smallest absolute Gasteiger partial charge is 0.317 e. The van der Waals surface area contributed by atoms with Crippen molar-refractivity contribution >= 4 is 17.2 Å². The first-order valence-electron chi connectivity index (χ1n) is 7.93. The Balaban J connectivity index is 1.49. The molecule has 2 aromatic heterocycles. The van der Waals surface area contributed by atoms with Crippen LogP contribution in [0.1, 0.15) is 46.7 Å². The highest BCUT2D eigenvalue weighted by molar-refractivity contribution is 7.12. The van der Waals surface area contributed by atoms with Crippen LogP contribution in [0.25, 0.3) is 0 Å². The minimum atomic E-state index is 0.0296. The van der Waals surface area contributed by atoms with Gasteiger partial charge in [-0.05, 0) is 57.0 Å². The SMILES string of the molecule is Cc1cc(C)nc(OC2CCC(NC(=O)c3cccs3)CC2)n1. The second kappa shape index (κ2) is 7.08. The van der Waals surface area contributed by atoms with E-state index in [4.69, 9.17) is 4.74 Å². The molecule has 0 atom stereocenters. The summed E-state index contributed by atoms with van der Waals surface area (Å²) in [7, 11) is 0. The molecule has 0 saturated heterocycles. The van der Waals surface area contributed by atoms with Crippen molar-refractivity contribution in [1.29, 1.82) is 0 Å². The van der Waals surface area contributed by atoms with Gasteiger partial charge in [0.25, 0.3) is 5.91 Å². The fraction of sp³-hybridized carbons (Fsp3) is 0.471. The number of rotatable bonds is 4. The third-order valence-electron chi connectivity index (χ3n) is 3.99. The van der Waals surface area contributed by atoms with E-state index in [1.165, 1.54) is 11.3 Å². The summed E-state index contributed by atoms with van der Waals surface area (Å²) in [5.41, 5.74) is 1.84. The molecule has 6 heteroatoms. The van der Waals surface area contributed by atoms with Crippen LogP contribution in [0.4, 0.5) is 0 Å². The van der Waals surface area contributed by atoms with Crippen molar-refractivity contribution in [2.24, 2.45) is 0 Å². The van der Waals surface area contributed by atoms with Gasteiger partial charge in [0.15, 0.2) is 0 Å². The number of hydrogen-bond acceptors (Lipinski definition) is 5. The van der Waals surface area contributed by atoms with Crippen molar-refractivity contribution in [3.8, 4) is 6.01 Å². The topological polar surface area (TPSA) is 64.1 Å². The van der Waals surface area contributed by atoms with Crippen LogP contribution < -0.4 is 10.1 Å². The van der Waals surface area contributed by atoms with Gasteiger partial charge in [-0.3, -0.25) is 4.79 Å². The average Bonchev–Trinajstić information content (AvgIpc) is 3.02. The highest BCUT2D eigenvalue weighted by atomic mass is 32.1. The van der Waals surface area contributed by atoms with Gasteiger partial charge < -0.3 is 10.1 Å². The second-order valence-electron chi connectivity index (χ2n) is 5.98. The Hall–Kier alpha value is -1.95. The summed E-state index contributed by atoms with van der Waals surface area (Å²) in [5.74, 6) is 0.0296. The Morgan fingerprint density at radius 1 is 1.22 bits per heavy atom. The molecule has 5 nitrogen and oxygen atoms in total. The van der Waals surface area contributed by atoms with E-state index in [0.29, 0.717) is 6.01 Å². The summed E-state index contributed by atoms with van der Waals surface area (Å²) in [5, 5.41) is 5.03. The van der Waals surface area contributed by atoms with Crippen LogP contribution in [0, 0.1) is 13.8 Å². The van der Waals surface area contributed by atoms with Gasteiger partial charge >= 0.3 is 6.01 Å². The molecule has 0 radical (unpaired) electrons. The monoisotopic (exact) mass is 331 g/mol. The first-order chi connectivity index (χ1) is 11.1. The molecule has 0 aliphatic heterocycles. The lowest BCUT2D eigenvalue weighted by molar-refractivity contribution is 0.0888. The van der Waals surface area contributed by atoms with Crippen molar-refractivity contribution in [2.75, 3.05) is 0 Å². The quantitative estimate of drug-likeness (QED) is 0.934. The summed E-state index contributed by atoms with van der Waals surface area (Å²) in [6.45, 7) is 3.89. The number of aryl methyl sites for hydroxylation is 2. The van der Waals surface area contributed by atoms with Crippen LogP contribution in [0.2, 0.25) is 0 Å². The zero-order valence-corrected chi connectivity index (χ0v) is 14.2. The van der Waals surface area contributed by atoms with Crippen molar-refractivity contribution < 1.29 is 9.53 Å². The van der Waals surface area contributed by atoms with Crippen LogP contribution in [0.5, 0.6) is 6.01 Å². The number of aromatic nitrogens is 2. The highest BCUT2D eigenvalue weighted by Gasteiger charge is 2.24. The molecule has 2 aromatic rings. The summed E-state index contributed by atoms with van der Waals surface area (Å²) in [6, 6.07) is 6.38. The Labute approximate surface area is 140 Å². The fourth-order valence-electron chi connectivity index (χ4n) is 2.88. The van der Waals surface area contributed by atoms with Gasteiger partial charge in [-0.2, -0.15) is 0 Å². The van der Waals surface area contributed by atoms with Crippen molar-refractivity contribution in [1.82, 2.24) is 15.3 Å². The van der Waals surface area contributed by atoms with Crippen molar-refractivity contribution in [3.05, 3.63) is 39.8 Å². The minimum absolute atomic E-state index is 0.0296. The molecule has 1 N–H and O–H groups in total. The summed E-state index contributed by atoms with van der Waals surface area (Å²) >= 11 is 1.47. The molecule has 0 unspecified atom stereocenters. The van der Waals surface area contributed by atoms with Crippen LogP contribution in [0.15, 0.2) is 23.6 Å². The maximum atomic E-state index is 12.1. The van der Waals surface area contributed by atoms with E-state index in [1.54, 1.807) is 0 Å². The number of amides is 1. The predicted octanol–water partition coefficient (Wildman–Crippen LogP) is 3.27. The molecule has 0 spiro atoms. The van der Waals surface area contributed by atoms with Crippen LogP contribution in [0.3, 0.4) is 0 Å². The van der Waals surface area contributed by atoms with Gasteiger partial charge in [0.05, 0.1) is 4.88 Å². The molecule has 1 aliphatic rings. The number of thiophene rings is 1. The summed E-state index contributed by atoms with van der Waals surface area (Å²) in [4.78, 5) is 21.5. The highest BCUT2D eigenvalue weighted by Crippen LogP contribution is 2.23. The zero-order valence-electron chi connectivity index (χ0n) is 13.4. The van der Waals surface area contributed by atoms with E-state index < -0.39 is 0 Å². The lowest BCUT2D eigenvalue weighted by Crippen LogP contribution is -2.39. The Morgan fingerprint density at radius 2 is 1.91 bits per heavy atom. The number of carbonyl (C=O) groups excluding carboxylic acids is 1. The van der Waals surface area contributed by atoms with Gasteiger partial charge in [-0.25, -0.2) is 9.97 Å². The molecule has 1 fully saturated rings. The number of hydrogen-bond donors (Lipinski definition) is 1.